The lowest BCUT2D eigenvalue weighted by Gasteiger charge is -2.12. The lowest BCUT2D eigenvalue weighted by molar-refractivity contribution is 1.07. The van der Waals surface area contributed by atoms with E-state index in [1.807, 2.05) is 60.7 Å². The van der Waals surface area contributed by atoms with E-state index in [2.05, 4.69) is 149 Å². The molecule has 270 valence electrons. The van der Waals surface area contributed by atoms with Crippen LogP contribution < -0.4 is 0 Å². The molecule has 5 heteroatoms. The van der Waals surface area contributed by atoms with E-state index in [9.17, 15) is 0 Å². The fourth-order valence-corrected chi connectivity index (χ4v) is 8.83. The minimum atomic E-state index is 0.645. The summed E-state index contributed by atoms with van der Waals surface area (Å²) in [5.74, 6) is 1.95. The Kier molecular flexibility index (Phi) is 7.16. The maximum Gasteiger partial charge on any atom is 0.164 e. The van der Waals surface area contributed by atoms with Crippen LogP contribution in [0.15, 0.2) is 200 Å². The standard InChI is InChI=1S/C53H33N5/c1-4-15-35(16-5-1)51-54-52(36-17-6-2-7-18-36)56-53(55-51)39-25-24-38-31-41(28-26-37(38)30-39)58-46-23-13-12-22-43(46)44-32-45-49(33-48(44)58)57(40-19-8-3-9-20-40)47-29-27-34-14-10-11-21-42(34)50(45)47/h1-33H. The number of nitrogens with zero attached hydrogens (tertiary/aromatic N) is 5. The minimum absolute atomic E-state index is 0.645. The van der Waals surface area contributed by atoms with E-state index in [0.29, 0.717) is 17.5 Å². The van der Waals surface area contributed by atoms with E-state index in [1.165, 1.54) is 54.4 Å². The third kappa shape index (κ3) is 5.07. The first-order valence-corrected chi connectivity index (χ1v) is 19.6. The molecule has 3 aromatic heterocycles. The Hall–Kier alpha value is -7.89. The second-order valence-electron chi connectivity index (χ2n) is 14.9. The van der Waals surface area contributed by atoms with Crippen molar-refractivity contribution < 1.29 is 0 Å². The monoisotopic (exact) mass is 739 g/mol. The van der Waals surface area contributed by atoms with Crippen molar-refractivity contribution >= 4 is 65.2 Å². The van der Waals surface area contributed by atoms with E-state index < -0.39 is 0 Å². The molecule has 9 aromatic carbocycles. The van der Waals surface area contributed by atoms with Gasteiger partial charge >= 0.3 is 0 Å². The lowest BCUT2D eigenvalue weighted by Crippen LogP contribution is -2.00. The number of fused-ring (bicyclic) bond motifs is 9. The average Bonchev–Trinajstić information content (AvgIpc) is 3.80. The maximum atomic E-state index is 4.99. The zero-order valence-electron chi connectivity index (χ0n) is 31.3. The fraction of sp³-hybridized carbons (Fsp3) is 0. The third-order valence-electron chi connectivity index (χ3n) is 11.5. The van der Waals surface area contributed by atoms with E-state index >= 15 is 0 Å². The summed E-state index contributed by atoms with van der Waals surface area (Å²) in [6.07, 6.45) is 0. The van der Waals surface area contributed by atoms with Crippen molar-refractivity contribution in [3.8, 4) is 45.5 Å². The van der Waals surface area contributed by atoms with Gasteiger partial charge in [-0.2, -0.15) is 0 Å². The predicted molar refractivity (Wildman–Crippen MR) is 240 cm³/mol. The van der Waals surface area contributed by atoms with Crippen molar-refractivity contribution in [3.05, 3.63) is 200 Å². The minimum Gasteiger partial charge on any atom is -0.309 e. The van der Waals surface area contributed by atoms with Gasteiger partial charge in [0.2, 0.25) is 0 Å². The molecule has 0 aliphatic carbocycles. The maximum absolute atomic E-state index is 4.99. The first kappa shape index (κ1) is 32.4. The fourth-order valence-electron chi connectivity index (χ4n) is 8.83. The number of para-hydroxylation sites is 2. The Balaban J connectivity index is 1.05. The summed E-state index contributed by atoms with van der Waals surface area (Å²) in [4.78, 5) is 14.9. The molecular formula is C53H33N5. The van der Waals surface area contributed by atoms with Crippen LogP contribution in [0.1, 0.15) is 0 Å². The molecular weight excluding hydrogens is 707 g/mol. The van der Waals surface area contributed by atoms with Crippen molar-refractivity contribution in [3.63, 3.8) is 0 Å². The van der Waals surface area contributed by atoms with Gasteiger partial charge in [0, 0.05) is 49.6 Å². The van der Waals surface area contributed by atoms with E-state index in [0.717, 1.165) is 38.8 Å². The Bertz CT molecular complexity index is 3490. The first-order valence-electron chi connectivity index (χ1n) is 19.6. The summed E-state index contributed by atoms with van der Waals surface area (Å²) < 4.78 is 4.85. The summed E-state index contributed by atoms with van der Waals surface area (Å²) in [5.41, 5.74) is 9.83. The van der Waals surface area contributed by atoms with Crippen LogP contribution in [0.4, 0.5) is 0 Å². The van der Waals surface area contributed by atoms with Crippen molar-refractivity contribution in [1.29, 1.82) is 0 Å². The quantitative estimate of drug-likeness (QED) is 0.177. The molecule has 0 spiro atoms. The van der Waals surface area contributed by atoms with Crippen LogP contribution >= 0.6 is 0 Å². The summed E-state index contributed by atoms with van der Waals surface area (Å²) in [6, 6.07) is 71.1. The summed E-state index contributed by atoms with van der Waals surface area (Å²) in [7, 11) is 0. The molecule has 0 saturated carbocycles. The van der Waals surface area contributed by atoms with Gasteiger partial charge in [0.1, 0.15) is 0 Å². The highest BCUT2D eigenvalue weighted by Crippen LogP contribution is 2.42. The lowest BCUT2D eigenvalue weighted by atomic mass is 10.0. The summed E-state index contributed by atoms with van der Waals surface area (Å²) >= 11 is 0. The molecule has 0 radical (unpaired) electrons. The average molecular weight is 740 g/mol. The topological polar surface area (TPSA) is 48.5 Å². The van der Waals surface area contributed by atoms with Crippen LogP contribution in [0.25, 0.3) is 111 Å². The zero-order chi connectivity index (χ0) is 38.2. The predicted octanol–water partition coefficient (Wildman–Crippen LogP) is 13.4. The van der Waals surface area contributed by atoms with Crippen LogP contribution in [0, 0.1) is 0 Å². The van der Waals surface area contributed by atoms with Gasteiger partial charge in [-0.25, -0.2) is 15.0 Å². The smallest absolute Gasteiger partial charge is 0.164 e. The first-order chi connectivity index (χ1) is 28.7. The second-order valence-corrected chi connectivity index (χ2v) is 14.9. The van der Waals surface area contributed by atoms with Crippen LogP contribution in [-0.2, 0) is 0 Å². The molecule has 12 rings (SSSR count). The number of aromatic nitrogens is 5. The van der Waals surface area contributed by atoms with Gasteiger partial charge in [0.25, 0.3) is 0 Å². The molecule has 5 nitrogen and oxygen atoms in total. The molecule has 0 amide bonds. The third-order valence-corrected chi connectivity index (χ3v) is 11.5. The van der Waals surface area contributed by atoms with E-state index in [4.69, 9.17) is 15.0 Å². The van der Waals surface area contributed by atoms with Crippen LogP contribution in [0.2, 0.25) is 0 Å². The molecule has 0 fully saturated rings. The molecule has 58 heavy (non-hydrogen) atoms. The highest BCUT2D eigenvalue weighted by Gasteiger charge is 2.20. The van der Waals surface area contributed by atoms with Gasteiger partial charge in [0.05, 0.1) is 22.1 Å². The molecule has 0 atom stereocenters. The van der Waals surface area contributed by atoms with Crippen LogP contribution in [-0.4, -0.2) is 24.1 Å². The molecule has 12 aromatic rings. The molecule has 3 heterocycles. The van der Waals surface area contributed by atoms with E-state index in [-0.39, 0.29) is 0 Å². The normalized spacial score (nSPS) is 11.8. The second kappa shape index (κ2) is 12.8. The molecule has 0 aliphatic heterocycles. The molecule has 0 bridgehead atoms. The van der Waals surface area contributed by atoms with Gasteiger partial charge in [-0.1, -0.05) is 146 Å². The Morgan fingerprint density at radius 1 is 0.276 bits per heavy atom. The van der Waals surface area contributed by atoms with Gasteiger partial charge in [-0.05, 0) is 76.1 Å². The van der Waals surface area contributed by atoms with Crippen LogP contribution in [0.3, 0.4) is 0 Å². The molecule has 0 N–H and O–H groups in total. The number of hydrogen-bond donors (Lipinski definition) is 0. The van der Waals surface area contributed by atoms with Gasteiger partial charge in [0.15, 0.2) is 17.5 Å². The number of benzene rings is 9. The Morgan fingerprint density at radius 2 is 0.828 bits per heavy atom. The highest BCUT2D eigenvalue weighted by atomic mass is 15.0. The number of rotatable bonds is 5. The summed E-state index contributed by atoms with van der Waals surface area (Å²) in [6.45, 7) is 0. The molecule has 0 saturated heterocycles. The van der Waals surface area contributed by atoms with Gasteiger partial charge < -0.3 is 9.13 Å². The van der Waals surface area contributed by atoms with Crippen molar-refractivity contribution in [2.75, 3.05) is 0 Å². The Labute approximate surface area is 333 Å². The van der Waals surface area contributed by atoms with Crippen molar-refractivity contribution in [2.24, 2.45) is 0 Å². The van der Waals surface area contributed by atoms with Crippen LogP contribution in [0.5, 0.6) is 0 Å². The molecule has 0 unspecified atom stereocenters. The highest BCUT2D eigenvalue weighted by molar-refractivity contribution is 6.25. The van der Waals surface area contributed by atoms with Crippen molar-refractivity contribution in [1.82, 2.24) is 24.1 Å². The summed E-state index contributed by atoms with van der Waals surface area (Å²) in [5, 5.41) is 9.76. The number of hydrogen-bond acceptors (Lipinski definition) is 3. The largest absolute Gasteiger partial charge is 0.309 e. The van der Waals surface area contributed by atoms with Gasteiger partial charge in [-0.15, -0.1) is 0 Å². The molecule has 0 aliphatic rings. The van der Waals surface area contributed by atoms with E-state index in [1.54, 1.807) is 0 Å². The Morgan fingerprint density at radius 3 is 1.57 bits per heavy atom. The van der Waals surface area contributed by atoms with Gasteiger partial charge in [-0.3, -0.25) is 0 Å². The zero-order valence-corrected chi connectivity index (χ0v) is 31.3. The van der Waals surface area contributed by atoms with Crippen molar-refractivity contribution in [2.45, 2.75) is 0 Å². The SMILES string of the molecule is c1ccc(-c2nc(-c3ccccc3)nc(-c3ccc4cc(-n5c6ccccc6c6cc7c8c9ccccc9ccc8n(-c8ccccc8)c7cc65)ccc4c3)n2)cc1.